The van der Waals surface area contributed by atoms with Crippen LogP contribution in [0, 0.1) is 10.1 Å². The fourth-order valence-corrected chi connectivity index (χ4v) is 3.66. The summed E-state index contributed by atoms with van der Waals surface area (Å²) in [6.45, 7) is 0.680. The first-order chi connectivity index (χ1) is 10.4. The van der Waals surface area contributed by atoms with Gasteiger partial charge in [0.15, 0.2) is 15.7 Å². The molecule has 0 bridgehead atoms. The molecule has 11 heteroatoms. The molecule has 0 atom stereocenters. The van der Waals surface area contributed by atoms with Gasteiger partial charge in [0.05, 0.1) is 22.1 Å². The van der Waals surface area contributed by atoms with Crippen LogP contribution in [-0.4, -0.2) is 44.7 Å². The van der Waals surface area contributed by atoms with Crippen LogP contribution < -0.4 is 16.0 Å². The first kappa shape index (κ1) is 18.3. The Morgan fingerprint density at radius 3 is 2.82 bits per heavy atom. The molecule has 0 spiro atoms. The fourth-order valence-electron chi connectivity index (χ4n) is 1.59. The van der Waals surface area contributed by atoms with Crippen LogP contribution in [0.5, 0.6) is 0 Å². The van der Waals surface area contributed by atoms with Crippen LogP contribution >= 0.6 is 11.3 Å². The molecule has 0 unspecified atom stereocenters. The van der Waals surface area contributed by atoms with E-state index in [1.165, 1.54) is 18.4 Å². The van der Waals surface area contributed by atoms with Gasteiger partial charge in [-0.05, 0) is 7.05 Å². The number of nitro groups is 1. The molecule has 0 saturated heterocycles. The Kier molecular flexibility index (Phi) is 7.21. The summed E-state index contributed by atoms with van der Waals surface area (Å²) < 4.78 is 24.0. The molecule has 0 radical (unpaired) electrons. The fraction of sp³-hybridized carbons (Fsp3) is 0.545. The van der Waals surface area contributed by atoms with Gasteiger partial charge in [-0.15, -0.1) is 11.3 Å². The average molecular weight is 349 g/mol. The lowest BCUT2D eigenvalue weighted by molar-refractivity contribution is -0.404. The van der Waals surface area contributed by atoms with Crippen LogP contribution in [0.2, 0.25) is 0 Å². The molecule has 0 fully saturated rings. The molecule has 1 aromatic heterocycles. The maximum atomic E-state index is 12.0. The largest absolute Gasteiger partial charge is 0.370 e. The molecule has 0 saturated carbocycles. The Morgan fingerprint density at radius 2 is 2.23 bits per heavy atom. The van der Waals surface area contributed by atoms with Gasteiger partial charge in [-0.2, -0.15) is 0 Å². The summed E-state index contributed by atoms with van der Waals surface area (Å²) in [5.41, 5.74) is 0.518. The predicted molar refractivity (Wildman–Crippen MR) is 84.5 cm³/mol. The zero-order chi connectivity index (χ0) is 16.6. The Hall–Kier alpha value is -1.72. The van der Waals surface area contributed by atoms with E-state index in [1.807, 2.05) is 0 Å². The molecule has 0 aliphatic heterocycles. The van der Waals surface area contributed by atoms with Gasteiger partial charge in [0.2, 0.25) is 0 Å². The molecular weight excluding hydrogens is 330 g/mol. The maximum Gasteiger partial charge on any atom is 0.274 e. The van der Waals surface area contributed by atoms with E-state index in [0.717, 1.165) is 11.2 Å². The molecule has 0 aromatic carbocycles. The number of nitrogens with zero attached hydrogens (tertiary/aromatic N) is 2. The van der Waals surface area contributed by atoms with E-state index in [-0.39, 0.29) is 23.9 Å². The van der Waals surface area contributed by atoms with Crippen LogP contribution in [0.15, 0.2) is 17.4 Å². The number of sulfone groups is 1. The van der Waals surface area contributed by atoms with Crippen molar-refractivity contribution < 1.29 is 13.3 Å². The van der Waals surface area contributed by atoms with Crippen molar-refractivity contribution in [1.82, 2.24) is 20.9 Å². The number of hydrogen-bond acceptors (Lipinski definition) is 9. The second-order valence-electron chi connectivity index (χ2n) is 4.36. The van der Waals surface area contributed by atoms with E-state index in [1.54, 1.807) is 12.4 Å². The van der Waals surface area contributed by atoms with Crippen molar-refractivity contribution in [2.75, 3.05) is 26.4 Å². The zero-order valence-electron chi connectivity index (χ0n) is 12.3. The summed E-state index contributed by atoms with van der Waals surface area (Å²) in [5, 5.41) is 21.1. The molecule has 124 valence electrons. The highest BCUT2D eigenvalue weighted by Crippen LogP contribution is 2.12. The van der Waals surface area contributed by atoms with E-state index in [4.69, 9.17) is 0 Å². The van der Waals surface area contributed by atoms with Gasteiger partial charge in [-0.1, -0.05) is 0 Å². The second-order valence-corrected chi connectivity index (χ2v) is 7.49. The quantitative estimate of drug-likeness (QED) is 0.387. The molecule has 3 N–H and O–H groups in total. The highest BCUT2D eigenvalue weighted by atomic mass is 32.2. The van der Waals surface area contributed by atoms with Gasteiger partial charge in [-0.3, -0.25) is 10.1 Å². The van der Waals surface area contributed by atoms with Crippen molar-refractivity contribution in [3.05, 3.63) is 38.2 Å². The third kappa shape index (κ3) is 6.83. The topological polar surface area (TPSA) is 126 Å². The summed E-state index contributed by atoms with van der Waals surface area (Å²) in [7, 11) is -0.0299. The van der Waals surface area contributed by atoms with Crippen LogP contribution in [0.4, 0.5) is 0 Å². The van der Waals surface area contributed by atoms with Crippen molar-refractivity contribution in [3.63, 3.8) is 0 Å². The minimum atomic E-state index is -3.33. The van der Waals surface area contributed by atoms with Crippen molar-refractivity contribution in [2.24, 2.45) is 0 Å². The molecule has 0 aliphatic carbocycles. The normalized spacial score (nSPS) is 12.2. The first-order valence-corrected chi connectivity index (χ1v) is 9.11. The lowest BCUT2D eigenvalue weighted by Gasteiger charge is -2.08. The smallest absolute Gasteiger partial charge is 0.274 e. The predicted octanol–water partition coefficient (Wildman–Crippen LogP) is -0.338. The lowest BCUT2D eigenvalue weighted by atomic mass is 10.6. The van der Waals surface area contributed by atoms with Crippen molar-refractivity contribution >= 4 is 21.2 Å². The Bertz CT molecular complexity index is 626. The van der Waals surface area contributed by atoms with Gasteiger partial charge in [-0.25, -0.2) is 13.4 Å². The van der Waals surface area contributed by atoms with Gasteiger partial charge in [0.25, 0.3) is 6.20 Å². The standard InChI is InChI=1S/C11H19N5O4S2/c1-12-5-11-15-9(7-21-11)8-22(19,20)4-3-14-10(13-2)6-16(17)18/h6-7,12-14H,3-5,8H2,1-2H3/b10-6-. The molecule has 0 amide bonds. The number of thiazole rings is 1. The Morgan fingerprint density at radius 1 is 1.50 bits per heavy atom. The third-order valence-electron chi connectivity index (χ3n) is 2.53. The van der Waals surface area contributed by atoms with E-state index in [2.05, 4.69) is 20.9 Å². The summed E-state index contributed by atoms with van der Waals surface area (Å²) in [5.74, 6) is -0.115. The van der Waals surface area contributed by atoms with Crippen LogP contribution in [0.25, 0.3) is 0 Å². The monoisotopic (exact) mass is 349 g/mol. The van der Waals surface area contributed by atoms with Gasteiger partial charge in [0, 0.05) is 25.5 Å². The second kappa shape index (κ2) is 8.66. The van der Waals surface area contributed by atoms with Crippen LogP contribution in [-0.2, 0) is 22.1 Å². The van der Waals surface area contributed by atoms with Gasteiger partial charge >= 0.3 is 0 Å². The van der Waals surface area contributed by atoms with Crippen LogP contribution in [0.1, 0.15) is 10.7 Å². The van der Waals surface area contributed by atoms with E-state index >= 15 is 0 Å². The van der Waals surface area contributed by atoms with E-state index in [0.29, 0.717) is 12.2 Å². The zero-order valence-corrected chi connectivity index (χ0v) is 14.0. The average Bonchev–Trinajstić information content (AvgIpc) is 2.83. The Labute approximate surface area is 132 Å². The number of nitrogens with one attached hydrogen (secondary N) is 3. The van der Waals surface area contributed by atoms with Crippen molar-refractivity contribution in [2.45, 2.75) is 12.3 Å². The Balaban J connectivity index is 2.51. The molecule has 9 nitrogen and oxygen atoms in total. The molecule has 22 heavy (non-hydrogen) atoms. The molecule has 1 heterocycles. The molecule has 1 aromatic rings. The lowest BCUT2D eigenvalue weighted by Crippen LogP contribution is -2.29. The summed E-state index contributed by atoms with van der Waals surface area (Å²) in [6.07, 6.45) is 0.747. The minimum absolute atomic E-state index is 0.0797. The summed E-state index contributed by atoms with van der Waals surface area (Å²) in [6, 6.07) is 0. The highest BCUT2D eigenvalue weighted by molar-refractivity contribution is 7.90. The van der Waals surface area contributed by atoms with E-state index in [9.17, 15) is 18.5 Å². The summed E-state index contributed by atoms with van der Waals surface area (Å²) in [4.78, 5) is 14.0. The first-order valence-electron chi connectivity index (χ1n) is 6.41. The van der Waals surface area contributed by atoms with E-state index < -0.39 is 14.8 Å². The van der Waals surface area contributed by atoms with Gasteiger partial charge in [0.1, 0.15) is 5.01 Å². The van der Waals surface area contributed by atoms with Gasteiger partial charge < -0.3 is 16.0 Å². The maximum absolute atomic E-state index is 12.0. The molecule has 1 rings (SSSR count). The highest BCUT2D eigenvalue weighted by Gasteiger charge is 2.14. The molecular formula is C11H19N5O4S2. The SMILES string of the molecule is CNCc1nc(CS(=O)(=O)CCN/C(=C\[N+](=O)[O-])NC)cs1. The molecule has 0 aliphatic rings. The number of hydrogen-bond donors (Lipinski definition) is 3. The van der Waals surface area contributed by atoms with Crippen molar-refractivity contribution in [3.8, 4) is 0 Å². The number of aromatic nitrogens is 1. The minimum Gasteiger partial charge on any atom is -0.370 e. The van der Waals surface area contributed by atoms with Crippen LogP contribution in [0.3, 0.4) is 0 Å². The third-order valence-corrected chi connectivity index (χ3v) is 4.99. The summed E-state index contributed by atoms with van der Waals surface area (Å²) >= 11 is 1.41. The number of rotatable bonds is 10. The van der Waals surface area contributed by atoms with Crippen molar-refractivity contribution in [1.29, 1.82) is 0 Å².